The van der Waals surface area contributed by atoms with Crippen molar-refractivity contribution in [3.05, 3.63) is 224 Å². The smallest absolute Gasteiger partial charge is 0.137 e. The Kier molecular flexibility index (Phi) is 10.3. The summed E-state index contributed by atoms with van der Waals surface area (Å²) in [7, 11) is 0. The van der Waals surface area contributed by atoms with Gasteiger partial charge in [0.05, 0.1) is 22.7 Å². The predicted molar refractivity (Wildman–Crippen MR) is 283 cm³/mol. The van der Waals surface area contributed by atoms with Gasteiger partial charge in [-0.3, -0.25) is 4.90 Å². The number of anilines is 10. The van der Waals surface area contributed by atoms with E-state index in [-0.39, 0.29) is 10.8 Å². The van der Waals surface area contributed by atoms with E-state index in [9.17, 15) is 0 Å². The van der Waals surface area contributed by atoms with Crippen LogP contribution in [0.4, 0.5) is 57.0 Å². The lowest BCUT2D eigenvalue weighted by molar-refractivity contribution is 0.589. The number of fused-ring (bicyclic) bond motifs is 6. The minimum absolute atomic E-state index is 0.0240. The van der Waals surface area contributed by atoms with Crippen molar-refractivity contribution in [2.45, 2.75) is 52.4 Å². The lowest BCUT2D eigenvalue weighted by atomic mass is 9.85. The normalized spacial score (nSPS) is 13.1. The van der Waals surface area contributed by atoms with Gasteiger partial charge in [-0.2, -0.15) is 0 Å². The molecule has 8 aromatic carbocycles. The first-order valence-electron chi connectivity index (χ1n) is 23.4. The maximum Gasteiger partial charge on any atom is 0.137 e. The minimum Gasteiger partial charge on any atom is -0.321 e. The molecule has 1 aromatic heterocycles. The molecule has 5 nitrogen and oxygen atoms in total. The summed E-state index contributed by atoms with van der Waals surface area (Å²) in [5.74, 6) is 0.859. The summed E-state index contributed by atoms with van der Waals surface area (Å²) in [5.41, 5.74) is 19.6. The first kappa shape index (κ1) is 41.8. The molecule has 3 heterocycles. The van der Waals surface area contributed by atoms with Gasteiger partial charge in [-0.05, 0) is 129 Å². The molecule has 2 aliphatic heterocycles. The fourth-order valence-electron chi connectivity index (χ4n) is 9.96. The van der Waals surface area contributed by atoms with Crippen LogP contribution in [0.15, 0.2) is 212 Å². The van der Waals surface area contributed by atoms with Crippen LogP contribution in [0.3, 0.4) is 0 Å². The third kappa shape index (κ3) is 7.60. The van der Waals surface area contributed by atoms with Crippen molar-refractivity contribution in [3.8, 4) is 33.4 Å². The van der Waals surface area contributed by atoms with E-state index >= 15 is 0 Å². The predicted octanol–water partition coefficient (Wildman–Crippen LogP) is 17.2. The summed E-state index contributed by atoms with van der Waals surface area (Å²) in [6, 6.07) is 75.3. The molecular weight excluding hydrogens is 815 g/mol. The number of para-hydroxylation sites is 5. The van der Waals surface area contributed by atoms with Gasteiger partial charge >= 0.3 is 0 Å². The highest BCUT2D eigenvalue weighted by Gasteiger charge is 2.33. The molecule has 11 rings (SSSR count). The van der Waals surface area contributed by atoms with E-state index in [1.807, 2.05) is 12.3 Å². The molecule has 0 amide bonds. The van der Waals surface area contributed by atoms with E-state index in [0.717, 1.165) is 51.1 Å². The summed E-state index contributed by atoms with van der Waals surface area (Å²) in [6.45, 7) is 14.6. The van der Waals surface area contributed by atoms with Gasteiger partial charge < -0.3 is 14.7 Å². The van der Waals surface area contributed by atoms with E-state index in [4.69, 9.17) is 4.98 Å². The molecule has 0 unspecified atom stereocenters. The molecule has 2 aliphatic rings. The molecule has 0 saturated heterocycles. The molecule has 0 fully saturated rings. The number of pyridine rings is 1. The number of benzene rings is 8. The SMILES string of the molecule is CC(C)(C)c1cc(N2CN(c3ccccc3C(C)(C)C)c3ccccc32)cc(N(c2ccccc2)c2ccc3c(c2)N(c2ccccn2)c2ccccc2-c2cc(-c4ccccc4)ccc2-3)c1. The van der Waals surface area contributed by atoms with Crippen molar-refractivity contribution in [1.29, 1.82) is 0 Å². The number of hydrogen-bond acceptors (Lipinski definition) is 5. The van der Waals surface area contributed by atoms with E-state index in [2.05, 4.69) is 261 Å². The number of rotatable bonds is 7. The molecule has 0 aliphatic carbocycles. The fourth-order valence-corrected chi connectivity index (χ4v) is 9.96. The van der Waals surface area contributed by atoms with Crippen molar-refractivity contribution >= 4 is 57.0 Å². The summed E-state index contributed by atoms with van der Waals surface area (Å²) >= 11 is 0. The topological polar surface area (TPSA) is 25.9 Å². The Bertz CT molecular complexity index is 3260. The largest absolute Gasteiger partial charge is 0.321 e. The lowest BCUT2D eigenvalue weighted by Gasteiger charge is -2.32. The average molecular weight is 870 g/mol. The Morgan fingerprint density at radius 1 is 0.403 bits per heavy atom. The van der Waals surface area contributed by atoms with Crippen LogP contribution in [0.1, 0.15) is 52.7 Å². The molecule has 328 valence electrons. The molecule has 0 spiro atoms. The Balaban J connectivity index is 1.11. The maximum atomic E-state index is 5.02. The zero-order chi connectivity index (χ0) is 45.9. The van der Waals surface area contributed by atoms with Crippen LogP contribution < -0.4 is 19.6 Å². The van der Waals surface area contributed by atoms with Crippen molar-refractivity contribution < 1.29 is 0 Å². The Morgan fingerprint density at radius 2 is 1.03 bits per heavy atom. The molecule has 0 atom stereocenters. The zero-order valence-electron chi connectivity index (χ0n) is 39.2. The van der Waals surface area contributed by atoms with Gasteiger partial charge in [0.25, 0.3) is 0 Å². The summed E-state index contributed by atoms with van der Waals surface area (Å²) in [5, 5.41) is 0. The van der Waals surface area contributed by atoms with Crippen LogP contribution in [0.5, 0.6) is 0 Å². The third-order valence-corrected chi connectivity index (χ3v) is 13.3. The lowest BCUT2D eigenvalue weighted by Crippen LogP contribution is -2.27. The standard InChI is InChI=1S/C62H55N5/c1-61(2,3)45-38-48(64-42-65(58-30-18-17-29-57(58)64)56-28-16-14-26-54(56)62(4,5)6)40-49(39-45)66(46-23-11-8-12-24-46)47-33-35-52-50-34-32-44(43-21-9-7-10-22-43)37-53(50)51-25-13-15-27-55(51)67(59(52)41-47)60-31-19-20-36-63-60/h7-41H,42H2,1-6H3. The van der Waals surface area contributed by atoms with Crippen LogP contribution in [0.25, 0.3) is 33.4 Å². The molecule has 5 heteroatoms. The van der Waals surface area contributed by atoms with Crippen LogP contribution in [0, 0.1) is 0 Å². The quantitative estimate of drug-likeness (QED) is 0.159. The number of hydrogen-bond donors (Lipinski definition) is 0. The van der Waals surface area contributed by atoms with Gasteiger partial charge in [-0.25, -0.2) is 4.98 Å². The Morgan fingerprint density at radius 3 is 1.75 bits per heavy atom. The maximum absolute atomic E-state index is 5.02. The highest BCUT2D eigenvalue weighted by molar-refractivity contribution is 6.04. The van der Waals surface area contributed by atoms with Crippen molar-refractivity contribution in [3.63, 3.8) is 0 Å². The first-order chi connectivity index (χ1) is 32.5. The monoisotopic (exact) mass is 869 g/mol. The summed E-state index contributed by atoms with van der Waals surface area (Å²) < 4.78 is 0. The molecular formula is C62H55N5. The molecule has 0 saturated carbocycles. The second-order valence-corrected chi connectivity index (χ2v) is 19.8. The fraction of sp³-hybridized carbons (Fsp3) is 0.145. The summed E-state index contributed by atoms with van der Waals surface area (Å²) in [6.07, 6.45) is 1.89. The second kappa shape index (κ2) is 16.5. The molecule has 9 aromatic rings. The van der Waals surface area contributed by atoms with E-state index in [1.165, 1.54) is 50.4 Å². The van der Waals surface area contributed by atoms with E-state index < -0.39 is 0 Å². The van der Waals surface area contributed by atoms with Crippen molar-refractivity contribution in [1.82, 2.24) is 4.98 Å². The van der Waals surface area contributed by atoms with Gasteiger partial charge in [-0.15, -0.1) is 0 Å². The van der Waals surface area contributed by atoms with Gasteiger partial charge in [-0.1, -0.05) is 163 Å². The van der Waals surface area contributed by atoms with Crippen LogP contribution in [-0.4, -0.2) is 11.7 Å². The van der Waals surface area contributed by atoms with Crippen molar-refractivity contribution in [2.75, 3.05) is 26.3 Å². The van der Waals surface area contributed by atoms with Gasteiger partial charge in [0.15, 0.2) is 0 Å². The van der Waals surface area contributed by atoms with Gasteiger partial charge in [0.1, 0.15) is 12.5 Å². The van der Waals surface area contributed by atoms with E-state index in [0.29, 0.717) is 6.67 Å². The van der Waals surface area contributed by atoms with Crippen LogP contribution >= 0.6 is 0 Å². The molecule has 0 N–H and O–H groups in total. The second-order valence-electron chi connectivity index (χ2n) is 19.8. The number of nitrogens with zero attached hydrogens (tertiary/aromatic N) is 5. The van der Waals surface area contributed by atoms with Crippen molar-refractivity contribution in [2.24, 2.45) is 0 Å². The highest BCUT2D eigenvalue weighted by Crippen LogP contribution is 2.54. The van der Waals surface area contributed by atoms with Crippen LogP contribution in [-0.2, 0) is 10.8 Å². The molecule has 0 radical (unpaired) electrons. The average Bonchev–Trinajstić information content (AvgIpc) is 3.69. The van der Waals surface area contributed by atoms with Gasteiger partial charge in [0, 0.05) is 45.8 Å². The molecule has 67 heavy (non-hydrogen) atoms. The minimum atomic E-state index is -0.138. The summed E-state index contributed by atoms with van der Waals surface area (Å²) in [4.78, 5) is 14.8. The highest BCUT2D eigenvalue weighted by atomic mass is 15.4. The first-order valence-corrected chi connectivity index (χ1v) is 23.4. The molecule has 0 bridgehead atoms. The van der Waals surface area contributed by atoms with Gasteiger partial charge in [0.2, 0.25) is 0 Å². The zero-order valence-corrected chi connectivity index (χ0v) is 39.2. The Hall–Kier alpha value is -7.89. The van der Waals surface area contributed by atoms with E-state index in [1.54, 1.807) is 0 Å². The number of aromatic nitrogens is 1. The Labute approximate surface area is 395 Å². The van der Waals surface area contributed by atoms with Crippen LogP contribution in [0.2, 0.25) is 0 Å². The third-order valence-electron chi connectivity index (χ3n) is 13.3.